The van der Waals surface area contributed by atoms with Gasteiger partial charge in [0, 0.05) is 24.6 Å². The van der Waals surface area contributed by atoms with E-state index in [0.717, 1.165) is 22.3 Å². The van der Waals surface area contributed by atoms with Crippen molar-refractivity contribution in [2.45, 2.75) is 24.6 Å². The standard InChI is InChI=1S/C26H23N3O3/c1-27-25(31)29-17-20-14-8-9-15-21(20)22-26(24(29)30,16-18-10-4-2-5-11-18)28-23(32-22)19-12-6-3-7-13-19/h2-15,22H,16-17H2,1H3,(H,27,31)/t22-,26-/m0/s1. The van der Waals surface area contributed by atoms with Gasteiger partial charge < -0.3 is 10.1 Å². The number of fused-ring (bicyclic) bond motifs is 3. The highest BCUT2D eigenvalue weighted by atomic mass is 16.5. The molecule has 3 aromatic carbocycles. The number of amides is 3. The van der Waals surface area contributed by atoms with Crippen LogP contribution in [0.3, 0.4) is 0 Å². The molecule has 0 bridgehead atoms. The fourth-order valence-corrected chi connectivity index (χ4v) is 4.49. The summed E-state index contributed by atoms with van der Waals surface area (Å²) in [7, 11) is 1.53. The highest BCUT2D eigenvalue weighted by Crippen LogP contribution is 2.46. The largest absolute Gasteiger partial charge is 0.466 e. The summed E-state index contributed by atoms with van der Waals surface area (Å²) in [6.45, 7) is 0.168. The van der Waals surface area contributed by atoms with Gasteiger partial charge in [-0.25, -0.2) is 9.79 Å². The number of nitrogens with one attached hydrogen (secondary N) is 1. The van der Waals surface area contributed by atoms with Crippen LogP contribution in [-0.2, 0) is 22.5 Å². The van der Waals surface area contributed by atoms with Crippen LogP contribution in [0.4, 0.5) is 4.79 Å². The summed E-state index contributed by atoms with van der Waals surface area (Å²) < 4.78 is 6.44. The third-order valence-electron chi connectivity index (χ3n) is 6.04. The Labute approximate surface area is 186 Å². The molecule has 160 valence electrons. The summed E-state index contributed by atoms with van der Waals surface area (Å²) in [5.41, 5.74) is 2.19. The van der Waals surface area contributed by atoms with Gasteiger partial charge in [0.2, 0.25) is 5.90 Å². The molecule has 1 N–H and O–H groups in total. The molecule has 0 saturated heterocycles. The molecule has 6 nitrogen and oxygen atoms in total. The lowest BCUT2D eigenvalue weighted by Crippen LogP contribution is -2.53. The van der Waals surface area contributed by atoms with E-state index in [2.05, 4.69) is 5.32 Å². The van der Waals surface area contributed by atoms with E-state index < -0.39 is 17.7 Å². The van der Waals surface area contributed by atoms with Gasteiger partial charge in [-0.2, -0.15) is 0 Å². The SMILES string of the molecule is CNC(=O)N1Cc2ccccc2[C@@H]2OC(c3ccccc3)=N[C@]2(Cc2ccccc2)C1=O. The first-order valence-electron chi connectivity index (χ1n) is 10.6. The van der Waals surface area contributed by atoms with Crippen molar-refractivity contribution in [2.75, 3.05) is 7.05 Å². The minimum absolute atomic E-state index is 0.168. The smallest absolute Gasteiger partial charge is 0.324 e. The summed E-state index contributed by atoms with van der Waals surface area (Å²) in [6.07, 6.45) is -0.327. The molecule has 0 saturated carbocycles. The van der Waals surface area contributed by atoms with Crippen molar-refractivity contribution < 1.29 is 14.3 Å². The fourth-order valence-electron chi connectivity index (χ4n) is 4.49. The second-order valence-electron chi connectivity index (χ2n) is 8.01. The lowest BCUT2D eigenvalue weighted by atomic mass is 9.82. The van der Waals surface area contributed by atoms with Crippen LogP contribution in [0.2, 0.25) is 0 Å². The lowest BCUT2D eigenvalue weighted by molar-refractivity contribution is -0.136. The summed E-state index contributed by atoms with van der Waals surface area (Å²) in [6, 6.07) is 26.6. The first-order chi connectivity index (χ1) is 15.6. The van der Waals surface area contributed by atoms with Gasteiger partial charge in [-0.05, 0) is 23.3 Å². The second-order valence-corrected chi connectivity index (χ2v) is 8.01. The number of nitrogens with zero attached hydrogens (tertiary/aromatic N) is 2. The Balaban J connectivity index is 1.73. The Kier molecular flexibility index (Phi) is 4.98. The van der Waals surface area contributed by atoms with Crippen molar-refractivity contribution in [2.24, 2.45) is 4.99 Å². The topological polar surface area (TPSA) is 71.0 Å². The van der Waals surface area contributed by atoms with Crippen LogP contribution in [0.15, 0.2) is 89.9 Å². The van der Waals surface area contributed by atoms with Crippen molar-refractivity contribution in [3.05, 3.63) is 107 Å². The lowest BCUT2D eigenvalue weighted by Gasteiger charge is -2.31. The van der Waals surface area contributed by atoms with Gasteiger partial charge in [-0.1, -0.05) is 72.8 Å². The Morgan fingerprint density at radius 3 is 2.41 bits per heavy atom. The third-order valence-corrected chi connectivity index (χ3v) is 6.04. The van der Waals surface area contributed by atoms with E-state index in [1.165, 1.54) is 11.9 Å². The predicted octanol–water partition coefficient (Wildman–Crippen LogP) is 3.87. The number of imide groups is 1. The van der Waals surface area contributed by atoms with Crippen LogP contribution >= 0.6 is 0 Å². The fraction of sp³-hybridized carbons (Fsp3) is 0.192. The van der Waals surface area contributed by atoms with Gasteiger partial charge in [0.15, 0.2) is 11.6 Å². The Bertz CT molecular complexity index is 1190. The summed E-state index contributed by atoms with van der Waals surface area (Å²) >= 11 is 0. The maximum atomic E-state index is 14.1. The molecule has 0 aliphatic carbocycles. The van der Waals surface area contributed by atoms with Crippen LogP contribution < -0.4 is 5.32 Å². The maximum Gasteiger partial charge on any atom is 0.324 e. The number of rotatable bonds is 3. The average Bonchev–Trinajstić information content (AvgIpc) is 3.19. The molecule has 0 aromatic heterocycles. The van der Waals surface area contributed by atoms with Crippen molar-refractivity contribution >= 4 is 17.8 Å². The van der Waals surface area contributed by atoms with Gasteiger partial charge in [0.25, 0.3) is 5.91 Å². The van der Waals surface area contributed by atoms with E-state index in [4.69, 9.17) is 9.73 Å². The number of hydrogen-bond acceptors (Lipinski definition) is 4. The summed E-state index contributed by atoms with van der Waals surface area (Å²) in [5.74, 6) is 0.0428. The monoisotopic (exact) mass is 425 g/mol. The molecule has 0 radical (unpaired) electrons. The van der Waals surface area contributed by atoms with Crippen LogP contribution in [-0.4, -0.2) is 35.3 Å². The van der Waals surface area contributed by atoms with Gasteiger partial charge in [-0.3, -0.25) is 9.69 Å². The number of ether oxygens (including phenoxy) is 1. The van der Waals surface area contributed by atoms with Crippen LogP contribution in [0.25, 0.3) is 0 Å². The first kappa shape index (κ1) is 20.0. The number of carbonyl (C=O) groups is 2. The van der Waals surface area contributed by atoms with Gasteiger partial charge in [-0.15, -0.1) is 0 Å². The van der Waals surface area contributed by atoms with E-state index in [0.29, 0.717) is 12.3 Å². The summed E-state index contributed by atoms with van der Waals surface area (Å²) in [5, 5.41) is 2.60. The molecule has 0 unspecified atom stereocenters. The molecule has 2 atom stereocenters. The van der Waals surface area contributed by atoms with Crippen molar-refractivity contribution in [1.82, 2.24) is 10.2 Å². The van der Waals surface area contributed by atoms with Crippen molar-refractivity contribution in [1.29, 1.82) is 0 Å². The van der Waals surface area contributed by atoms with E-state index >= 15 is 0 Å². The van der Waals surface area contributed by atoms with E-state index in [-0.39, 0.29) is 12.5 Å². The summed E-state index contributed by atoms with van der Waals surface area (Å²) in [4.78, 5) is 33.0. The Hall–Kier alpha value is -3.93. The molecular weight excluding hydrogens is 402 g/mol. The second kappa shape index (κ2) is 7.96. The van der Waals surface area contributed by atoms with Crippen LogP contribution in [0.5, 0.6) is 0 Å². The van der Waals surface area contributed by atoms with E-state index in [1.807, 2.05) is 84.9 Å². The van der Waals surface area contributed by atoms with Gasteiger partial charge in [0.1, 0.15) is 0 Å². The number of benzene rings is 3. The number of carbonyl (C=O) groups excluding carboxylic acids is 2. The molecule has 5 rings (SSSR count). The molecule has 0 spiro atoms. The third kappa shape index (κ3) is 3.24. The van der Waals surface area contributed by atoms with Crippen molar-refractivity contribution in [3.63, 3.8) is 0 Å². The van der Waals surface area contributed by atoms with Crippen LogP contribution in [0.1, 0.15) is 28.4 Å². The molecule has 2 aliphatic heterocycles. The number of aliphatic imine (C=N–C) groups is 1. The molecular formula is C26H23N3O3. The zero-order valence-corrected chi connectivity index (χ0v) is 17.7. The molecule has 2 heterocycles. The molecule has 3 amide bonds. The number of urea groups is 1. The average molecular weight is 425 g/mol. The van der Waals surface area contributed by atoms with E-state index in [9.17, 15) is 9.59 Å². The Morgan fingerprint density at radius 1 is 1.03 bits per heavy atom. The number of hydrogen-bond donors (Lipinski definition) is 1. The van der Waals surface area contributed by atoms with Gasteiger partial charge in [0.05, 0.1) is 6.54 Å². The molecule has 3 aromatic rings. The zero-order chi connectivity index (χ0) is 22.1. The normalized spacial score (nSPS) is 21.7. The van der Waals surface area contributed by atoms with E-state index in [1.54, 1.807) is 0 Å². The molecule has 0 fully saturated rings. The van der Waals surface area contributed by atoms with Gasteiger partial charge >= 0.3 is 6.03 Å². The highest BCUT2D eigenvalue weighted by molar-refractivity contribution is 6.05. The van der Waals surface area contributed by atoms with Crippen molar-refractivity contribution in [3.8, 4) is 0 Å². The Morgan fingerprint density at radius 2 is 1.69 bits per heavy atom. The molecule has 32 heavy (non-hydrogen) atoms. The van der Waals surface area contributed by atoms with Crippen LogP contribution in [0, 0.1) is 0 Å². The zero-order valence-electron chi connectivity index (χ0n) is 17.7. The predicted molar refractivity (Wildman–Crippen MR) is 121 cm³/mol. The molecule has 6 heteroatoms. The minimum Gasteiger partial charge on any atom is -0.466 e. The quantitative estimate of drug-likeness (QED) is 0.693. The maximum absolute atomic E-state index is 14.1. The first-order valence-corrected chi connectivity index (χ1v) is 10.6. The molecule has 2 aliphatic rings. The minimum atomic E-state index is -1.30. The highest BCUT2D eigenvalue weighted by Gasteiger charge is 2.57.